The molecular weight excluding hydrogens is 360 g/mol. The maximum absolute atomic E-state index is 5.66. The van der Waals surface area contributed by atoms with Gasteiger partial charge in [-0.25, -0.2) is 19.6 Å². The lowest BCUT2D eigenvalue weighted by atomic mass is 10.1. The van der Waals surface area contributed by atoms with Crippen LogP contribution >= 0.6 is 0 Å². The largest absolute Gasteiger partial charge is 0.381 e. The molecule has 10 heteroatoms. The maximum Gasteiger partial charge on any atom is 0.228 e. The number of rotatable bonds is 3. The third kappa shape index (κ3) is 3.14. The summed E-state index contributed by atoms with van der Waals surface area (Å²) in [4.78, 5) is 20.1. The molecule has 146 valence electrons. The molecule has 10 nitrogen and oxygen atoms in total. The highest BCUT2D eigenvalue weighted by Crippen LogP contribution is 2.31. The average Bonchev–Trinajstić information content (AvgIpc) is 3.19. The number of nitrogens with zero attached hydrogens (tertiary/aromatic N) is 7. The molecule has 5 rings (SSSR count). The second-order valence-corrected chi connectivity index (χ2v) is 6.97. The van der Waals surface area contributed by atoms with Gasteiger partial charge in [0.15, 0.2) is 5.65 Å². The summed E-state index contributed by atoms with van der Waals surface area (Å²) in [7, 11) is 0. The molecular formula is C18H22N8O2. The van der Waals surface area contributed by atoms with E-state index in [0.29, 0.717) is 19.2 Å². The van der Waals surface area contributed by atoms with E-state index in [1.54, 1.807) is 12.4 Å². The van der Waals surface area contributed by atoms with Gasteiger partial charge in [-0.05, 0) is 12.8 Å². The molecule has 3 aromatic rings. The van der Waals surface area contributed by atoms with E-state index in [1.807, 2.05) is 10.9 Å². The van der Waals surface area contributed by atoms with Gasteiger partial charge >= 0.3 is 0 Å². The van der Waals surface area contributed by atoms with Crippen LogP contribution in [0.3, 0.4) is 0 Å². The van der Waals surface area contributed by atoms with Gasteiger partial charge in [0, 0.05) is 44.3 Å². The molecule has 0 amide bonds. The summed E-state index contributed by atoms with van der Waals surface area (Å²) in [5, 5.41) is 5.54. The molecule has 0 aliphatic carbocycles. The molecule has 2 aliphatic rings. The van der Waals surface area contributed by atoms with E-state index in [4.69, 9.17) is 25.2 Å². The third-order valence-electron chi connectivity index (χ3n) is 5.22. The molecule has 3 aromatic heterocycles. The van der Waals surface area contributed by atoms with Gasteiger partial charge in [0.25, 0.3) is 0 Å². The minimum Gasteiger partial charge on any atom is -0.381 e. The smallest absolute Gasteiger partial charge is 0.228 e. The number of anilines is 2. The first-order valence-corrected chi connectivity index (χ1v) is 9.53. The van der Waals surface area contributed by atoms with Crippen LogP contribution in [-0.4, -0.2) is 69.2 Å². The van der Waals surface area contributed by atoms with E-state index in [9.17, 15) is 0 Å². The highest BCUT2D eigenvalue weighted by Gasteiger charge is 2.24. The van der Waals surface area contributed by atoms with Crippen molar-refractivity contribution in [1.29, 1.82) is 0 Å². The lowest BCUT2D eigenvalue weighted by Crippen LogP contribution is -2.37. The highest BCUT2D eigenvalue weighted by molar-refractivity contribution is 5.91. The Kier molecular flexibility index (Phi) is 4.49. The predicted molar refractivity (Wildman–Crippen MR) is 103 cm³/mol. The zero-order chi connectivity index (χ0) is 18.9. The van der Waals surface area contributed by atoms with Crippen LogP contribution in [0.4, 0.5) is 11.9 Å². The van der Waals surface area contributed by atoms with Crippen LogP contribution in [-0.2, 0) is 9.47 Å². The van der Waals surface area contributed by atoms with Gasteiger partial charge in [-0.2, -0.15) is 10.1 Å². The minimum absolute atomic E-state index is 0.236. The van der Waals surface area contributed by atoms with E-state index in [1.165, 1.54) is 0 Å². The van der Waals surface area contributed by atoms with Gasteiger partial charge < -0.3 is 20.1 Å². The Hall–Kier alpha value is -2.85. The summed E-state index contributed by atoms with van der Waals surface area (Å²) >= 11 is 0. The molecule has 0 atom stereocenters. The van der Waals surface area contributed by atoms with Crippen molar-refractivity contribution in [3.63, 3.8) is 0 Å². The summed E-state index contributed by atoms with van der Waals surface area (Å²) in [5.41, 5.74) is 8.05. The van der Waals surface area contributed by atoms with Gasteiger partial charge in [0.1, 0.15) is 0 Å². The highest BCUT2D eigenvalue weighted by atomic mass is 16.5. The molecule has 2 fully saturated rings. The first-order valence-electron chi connectivity index (χ1n) is 9.53. The van der Waals surface area contributed by atoms with Crippen molar-refractivity contribution in [1.82, 2.24) is 29.7 Å². The number of fused-ring (bicyclic) bond motifs is 1. The molecule has 5 heterocycles. The standard InChI is InChI=1S/C18H22N8O2/c19-17-20-9-12(10-21-17)15-14-11-22-26(13-1-5-27-6-2-13)16(14)24-18(23-15)25-3-7-28-8-4-25/h9-11,13H,1-8H2,(H2,19,20,21). The Morgan fingerprint density at radius 1 is 0.929 bits per heavy atom. The van der Waals surface area contributed by atoms with Gasteiger partial charge in [0.2, 0.25) is 11.9 Å². The Morgan fingerprint density at radius 2 is 1.64 bits per heavy atom. The Bertz CT molecular complexity index is 962. The number of aromatic nitrogens is 6. The molecule has 2 aliphatic heterocycles. The van der Waals surface area contributed by atoms with Crippen LogP contribution in [0.5, 0.6) is 0 Å². The first-order chi connectivity index (χ1) is 13.8. The molecule has 28 heavy (non-hydrogen) atoms. The van der Waals surface area contributed by atoms with E-state index >= 15 is 0 Å². The van der Waals surface area contributed by atoms with Crippen LogP contribution in [0.15, 0.2) is 18.6 Å². The van der Waals surface area contributed by atoms with Gasteiger partial charge in [-0.15, -0.1) is 0 Å². The van der Waals surface area contributed by atoms with Crippen molar-refractivity contribution < 1.29 is 9.47 Å². The number of hydrogen-bond donors (Lipinski definition) is 1. The molecule has 2 N–H and O–H groups in total. The van der Waals surface area contributed by atoms with Crippen molar-refractivity contribution in [2.24, 2.45) is 0 Å². The van der Waals surface area contributed by atoms with Crippen LogP contribution in [0.1, 0.15) is 18.9 Å². The Morgan fingerprint density at radius 3 is 2.39 bits per heavy atom. The monoisotopic (exact) mass is 382 g/mol. The van der Waals surface area contributed by atoms with E-state index in [0.717, 1.165) is 61.4 Å². The topological polar surface area (TPSA) is 117 Å². The zero-order valence-electron chi connectivity index (χ0n) is 15.5. The van der Waals surface area contributed by atoms with Crippen molar-refractivity contribution in [3.05, 3.63) is 18.6 Å². The van der Waals surface area contributed by atoms with Gasteiger partial charge in [-0.3, -0.25) is 0 Å². The van der Waals surface area contributed by atoms with Gasteiger partial charge in [-0.1, -0.05) is 0 Å². The fourth-order valence-corrected chi connectivity index (χ4v) is 3.70. The second-order valence-electron chi connectivity index (χ2n) is 6.97. The average molecular weight is 382 g/mol. The van der Waals surface area contributed by atoms with Crippen molar-refractivity contribution in [3.8, 4) is 11.3 Å². The normalized spacial score (nSPS) is 18.6. The quantitative estimate of drug-likeness (QED) is 0.709. The Balaban J connectivity index is 1.65. The minimum atomic E-state index is 0.236. The van der Waals surface area contributed by atoms with Crippen LogP contribution in [0, 0.1) is 0 Å². The maximum atomic E-state index is 5.66. The second kappa shape index (κ2) is 7.28. The van der Waals surface area contributed by atoms with Gasteiger partial charge in [0.05, 0.1) is 36.5 Å². The summed E-state index contributed by atoms with van der Waals surface area (Å²) < 4.78 is 13.0. The Labute approximate surface area is 161 Å². The molecule has 0 spiro atoms. The van der Waals surface area contributed by atoms with E-state index < -0.39 is 0 Å². The number of nitrogen functional groups attached to an aromatic ring is 1. The number of nitrogens with two attached hydrogens (primary N) is 1. The summed E-state index contributed by atoms with van der Waals surface area (Å²) in [6.45, 7) is 4.34. The SMILES string of the molecule is Nc1ncc(-c2nc(N3CCOCC3)nc3c2cnn3C2CCOCC2)cn1. The summed E-state index contributed by atoms with van der Waals surface area (Å²) in [6, 6.07) is 0.272. The third-order valence-corrected chi connectivity index (χ3v) is 5.22. The predicted octanol–water partition coefficient (Wildman–Crippen LogP) is 1.05. The van der Waals surface area contributed by atoms with Crippen LogP contribution in [0.2, 0.25) is 0 Å². The van der Waals surface area contributed by atoms with Crippen LogP contribution in [0.25, 0.3) is 22.3 Å². The van der Waals surface area contributed by atoms with Crippen molar-refractivity contribution in [2.75, 3.05) is 50.2 Å². The van der Waals surface area contributed by atoms with Crippen molar-refractivity contribution in [2.45, 2.75) is 18.9 Å². The zero-order valence-corrected chi connectivity index (χ0v) is 15.5. The van der Waals surface area contributed by atoms with E-state index in [2.05, 4.69) is 20.0 Å². The summed E-state index contributed by atoms with van der Waals surface area (Å²) in [6.07, 6.45) is 7.07. The van der Waals surface area contributed by atoms with Crippen LogP contribution < -0.4 is 10.6 Å². The molecule has 0 aromatic carbocycles. The lowest BCUT2D eigenvalue weighted by Gasteiger charge is -2.27. The number of hydrogen-bond acceptors (Lipinski definition) is 9. The molecule has 0 unspecified atom stereocenters. The number of morpholine rings is 1. The molecule has 2 saturated heterocycles. The lowest BCUT2D eigenvalue weighted by molar-refractivity contribution is 0.0673. The molecule has 0 bridgehead atoms. The fourth-order valence-electron chi connectivity index (χ4n) is 3.70. The molecule has 0 saturated carbocycles. The first kappa shape index (κ1) is 17.3. The molecule has 0 radical (unpaired) electrons. The number of ether oxygens (including phenoxy) is 2. The van der Waals surface area contributed by atoms with E-state index in [-0.39, 0.29) is 12.0 Å². The van der Waals surface area contributed by atoms with Crippen molar-refractivity contribution >= 4 is 22.9 Å². The fraction of sp³-hybridized carbons (Fsp3) is 0.500. The summed E-state index contributed by atoms with van der Waals surface area (Å²) in [5.74, 6) is 0.914.